The van der Waals surface area contributed by atoms with Gasteiger partial charge < -0.3 is 10.1 Å². The molecule has 15 heteroatoms. The Bertz CT molecular complexity index is 1890. The van der Waals surface area contributed by atoms with E-state index < -0.39 is 44.6 Å². The van der Waals surface area contributed by atoms with Crippen molar-refractivity contribution in [2.75, 3.05) is 17.3 Å². The van der Waals surface area contributed by atoms with Crippen molar-refractivity contribution in [3.8, 4) is 5.75 Å². The molecule has 3 aromatic carbocycles. The van der Waals surface area contributed by atoms with Crippen molar-refractivity contribution in [2.24, 2.45) is 5.92 Å². The second-order valence-corrected chi connectivity index (χ2v) is 12.8. The van der Waals surface area contributed by atoms with Crippen LogP contribution in [0.2, 0.25) is 10.0 Å². The smallest absolute Gasteiger partial charge is 0.308 e. The van der Waals surface area contributed by atoms with Crippen LogP contribution in [-0.2, 0) is 20.9 Å². The summed E-state index contributed by atoms with van der Waals surface area (Å²) in [6.07, 6.45) is 0. The number of methoxy groups -OCH3 is 1. The Morgan fingerprint density at radius 2 is 1.70 bits per heavy atom. The highest BCUT2D eigenvalue weighted by atomic mass is 35.5. The van der Waals surface area contributed by atoms with Gasteiger partial charge in [-0.25, -0.2) is 4.90 Å². The van der Waals surface area contributed by atoms with Gasteiger partial charge in [0, 0.05) is 28.6 Å². The molecule has 3 atom stereocenters. The van der Waals surface area contributed by atoms with Gasteiger partial charge in [0.1, 0.15) is 17.5 Å². The van der Waals surface area contributed by atoms with Gasteiger partial charge in [-0.15, -0.1) is 0 Å². The molecular formula is C29H20Cl2N4O7S2. The molecule has 1 fully saturated rings. The van der Waals surface area contributed by atoms with Crippen molar-refractivity contribution in [3.05, 3.63) is 107 Å². The zero-order valence-corrected chi connectivity index (χ0v) is 25.7. The number of thioether (sulfide) groups is 1. The van der Waals surface area contributed by atoms with E-state index in [0.29, 0.717) is 31.9 Å². The summed E-state index contributed by atoms with van der Waals surface area (Å²) in [5.74, 6) is -2.48. The van der Waals surface area contributed by atoms with Crippen molar-refractivity contribution in [1.82, 2.24) is 4.57 Å². The minimum atomic E-state index is -0.921. The first kappa shape index (κ1) is 29.9. The first-order valence-electron chi connectivity index (χ1n) is 13.0. The Morgan fingerprint density at radius 3 is 2.34 bits per heavy atom. The van der Waals surface area contributed by atoms with Gasteiger partial charge in [0.05, 0.1) is 38.7 Å². The molecule has 0 spiro atoms. The number of amides is 3. The van der Waals surface area contributed by atoms with Gasteiger partial charge in [-0.3, -0.25) is 33.9 Å². The van der Waals surface area contributed by atoms with Gasteiger partial charge in [0.25, 0.3) is 5.69 Å². The van der Waals surface area contributed by atoms with Crippen LogP contribution in [-0.4, -0.2) is 39.6 Å². The van der Waals surface area contributed by atoms with Crippen molar-refractivity contribution < 1.29 is 24.0 Å². The molecule has 44 heavy (non-hydrogen) atoms. The average molecular weight is 672 g/mol. The maximum Gasteiger partial charge on any atom is 0.308 e. The van der Waals surface area contributed by atoms with Gasteiger partial charge in [0.15, 0.2) is 0 Å². The van der Waals surface area contributed by atoms with E-state index in [2.05, 4.69) is 5.32 Å². The largest absolute Gasteiger partial charge is 0.497 e. The monoisotopic (exact) mass is 670 g/mol. The fourth-order valence-electron chi connectivity index (χ4n) is 5.32. The zero-order valence-electron chi connectivity index (χ0n) is 22.6. The Labute approximate surface area is 267 Å². The summed E-state index contributed by atoms with van der Waals surface area (Å²) in [6, 6.07) is 16.8. The Hall–Kier alpha value is -4.17. The fraction of sp³-hybridized carbons (Fsp3) is 0.172. The normalized spacial score (nSPS) is 19.0. The number of nitrogens with zero attached hydrogens (tertiary/aromatic N) is 3. The van der Waals surface area contributed by atoms with E-state index >= 15 is 0 Å². The van der Waals surface area contributed by atoms with E-state index in [4.69, 9.17) is 27.9 Å². The number of carbonyl (C=O) groups excluding carboxylic acids is 3. The van der Waals surface area contributed by atoms with Gasteiger partial charge in [-0.2, -0.15) is 0 Å². The number of hydrogen-bond acceptors (Lipinski definition) is 9. The highest BCUT2D eigenvalue weighted by Gasteiger charge is 2.56. The second kappa shape index (κ2) is 11.7. The van der Waals surface area contributed by atoms with E-state index in [1.54, 1.807) is 30.3 Å². The SMILES string of the molecule is COc1ccc([C@@H]2c3sc(=O)n(CC(=O)Nc4ccc(Cl)c(Cl)c4)c3S[C@H]3C(=O)N(c4ccc([N+](=O)[O-])cc4)C(=O)[C@@H]23)cc1. The van der Waals surface area contributed by atoms with Crippen LogP contribution in [0.5, 0.6) is 5.75 Å². The van der Waals surface area contributed by atoms with Crippen molar-refractivity contribution in [3.63, 3.8) is 0 Å². The first-order chi connectivity index (χ1) is 21.1. The number of hydrogen-bond donors (Lipinski definition) is 1. The molecule has 224 valence electrons. The van der Waals surface area contributed by atoms with Gasteiger partial charge in [0.2, 0.25) is 17.7 Å². The quantitative estimate of drug-likeness (QED) is 0.153. The lowest BCUT2D eigenvalue weighted by atomic mass is 9.83. The molecule has 1 saturated heterocycles. The molecule has 0 saturated carbocycles. The highest BCUT2D eigenvalue weighted by molar-refractivity contribution is 8.00. The number of nitro groups is 1. The van der Waals surface area contributed by atoms with E-state index in [1.165, 1.54) is 48.1 Å². The second-order valence-electron chi connectivity index (χ2n) is 9.90. The predicted molar refractivity (Wildman–Crippen MR) is 167 cm³/mol. The number of non-ortho nitro benzene ring substituents is 1. The van der Waals surface area contributed by atoms with Crippen LogP contribution < -0.4 is 19.8 Å². The third kappa shape index (κ3) is 5.25. The number of benzene rings is 3. The number of fused-ring (bicyclic) bond motifs is 2. The number of ether oxygens (including phenoxy) is 1. The highest BCUT2D eigenvalue weighted by Crippen LogP contribution is 2.54. The average Bonchev–Trinajstić information content (AvgIpc) is 3.45. The number of thiazole rings is 1. The van der Waals surface area contributed by atoms with E-state index in [9.17, 15) is 29.3 Å². The number of rotatable bonds is 7. The molecule has 3 amide bonds. The Kier molecular flexibility index (Phi) is 7.97. The van der Waals surface area contributed by atoms with Crippen molar-refractivity contribution >= 4 is 81.1 Å². The molecule has 0 radical (unpaired) electrons. The third-order valence-electron chi connectivity index (χ3n) is 7.35. The van der Waals surface area contributed by atoms with Crippen LogP contribution in [0.3, 0.4) is 0 Å². The summed E-state index contributed by atoms with van der Waals surface area (Å²) in [6.45, 7) is -0.348. The summed E-state index contributed by atoms with van der Waals surface area (Å²) in [7, 11) is 1.52. The Morgan fingerprint density at radius 1 is 1.00 bits per heavy atom. The topological polar surface area (TPSA) is 141 Å². The number of halogens is 2. The van der Waals surface area contributed by atoms with Crippen molar-refractivity contribution in [2.45, 2.75) is 22.7 Å². The van der Waals surface area contributed by atoms with Crippen molar-refractivity contribution in [1.29, 1.82) is 0 Å². The molecule has 4 aromatic rings. The number of imide groups is 1. The molecule has 2 aliphatic heterocycles. The molecule has 0 bridgehead atoms. The number of nitro benzene ring substituents is 1. The molecule has 0 aliphatic carbocycles. The van der Waals surface area contributed by atoms with E-state index in [1.807, 2.05) is 0 Å². The summed E-state index contributed by atoms with van der Waals surface area (Å²) in [5, 5.41) is 13.9. The van der Waals surface area contributed by atoms with Gasteiger partial charge in [-0.1, -0.05) is 58.4 Å². The molecule has 6 rings (SSSR count). The zero-order chi connectivity index (χ0) is 31.3. The fourth-order valence-corrected chi connectivity index (χ4v) is 8.39. The molecule has 1 N–H and O–H groups in total. The van der Waals surface area contributed by atoms with Crippen LogP contribution >= 0.6 is 46.3 Å². The van der Waals surface area contributed by atoms with Crippen LogP contribution in [0.1, 0.15) is 16.4 Å². The maximum absolute atomic E-state index is 14.0. The number of anilines is 2. The lowest BCUT2D eigenvalue weighted by Gasteiger charge is -2.30. The number of aromatic nitrogens is 1. The number of nitrogens with one attached hydrogen (secondary N) is 1. The maximum atomic E-state index is 14.0. The van der Waals surface area contributed by atoms with Gasteiger partial charge >= 0.3 is 4.87 Å². The molecule has 0 unspecified atom stereocenters. The van der Waals surface area contributed by atoms with E-state index in [-0.39, 0.29) is 22.9 Å². The Balaban J connectivity index is 1.39. The minimum absolute atomic E-state index is 0.180. The number of carbonyl (C=O) groups is 3. The first-order valence-corrected chi connectivity index (χ1v) is 15.4. The summed E-state index contributed by atoms with van der Waals surface area (Å²) >= 11 is 14.0. The van der Waals surface area contributed by atoms with Gasteiger partial charge in [-0.05, 0) is 48.0 Å². The third-order valence-corrected chi connectivity index (χ3v) is 10.7. The van der Waals surface area contributed by atoms with Crippen LogP contribution in [0.15, 0.2) is 76.6 Å². The lowest BCUT2D eigenvalue weighted by molar-refractivity contribution is -0.384. The van der Waals surface area contributed by atoms with Crippen LogP contribution in [0.25, 0.3) is 0 Å². The minimum Gasteiger partial charge on any atom is -0.497 e. The predicted octanol–water partition coefficient (Wildman–Crippen LogP) is 5.57. The summed E-state index contributed by atoms with van der Waals surface area (Å²) in [5.41, 5.74) is 1.10. The van der Waals surface area contributed by atoms with E-state index in [0.717, 1.165) is 28.0 Å². The molecule has 1 aromatic heterocycles. The standard InChI is InChI=1S/C29H20Cl2N4O7S2/c1-42-18-9-2-14(3-10-18)22-23-24(27(38)34(26(23)37)16-5-7-17(8-6-16)35(40)41)43-28-25(22)44-29(39)33(28)13-21(36)32-15-4-11-19(30)20(31)12-15/h2-12,22-24H,13H2,1H3,(H,32,36)/t22-,23-,24+/m0/s1. The van der Waals surface area contributed by atoms with Crippen LogP contribution in [0, 0.1) is 16.0 Å². The summed E-state index contributed by atoms with van der Waals surface area (Å²) < 4.78 is 6.59. The van der Waals surface area contributed by atoms with Crippen LogP contribution in [0.4, 0.5) is 17.1 Å². The molecule has 3 heterocycles. The molecule has 2 aliphatic rings. The molecule has 11 nitrogen and oxygen atoms in total. The lowest BCUT2D eigenvalue weighted by Crippen LogP contribution is -2.33. The summed E-state index contributed by atoms with van der Waals surface area (Å²) in [4.78, 5) is 66.0. The molecular weight excluding hydrogens is 651 g/mol.